The summed E-state index contributed by atoms with van der Waals surface area (Å²) in [5, 5.41) is 14.2. The second-order valence-corrected chi connectivity index (χ2v) is 19.4. The van der Waals surface area contributed by atoms with Crippen molar-refractivity contribution in [2.45, 2.75) is 61.9 Å². The molecular formula is C40H35F7N10O5S2. The standard InChI is InChI=1S/C40H35F7N10O5S2/c1-55-31-21(4-3-5-22(31)34(53-55)54-64(2,60)61)23-15-27-35(51-36(63-27)56-8-6-38(7-9-56)17-48-37(59)62-38)50-30(23)26(12-18-10-19(41)13-20(42)11-18)49-28(58)16-57-33-29(32(52-57)40(45,46)47)24-14-25(24)39(33,43)44/h3-5,10-11,13,15,24-26H,6-9,12,14,16-17H2,1-2H3,(H,48,59)(H,49,58)(H,53,54)/t24?,25-,26+/m1/s1. The maximum Gasteiger partial charge on any atom is 0.435 e. The normalized spacial score (nSPS) is 20.3. The van der Waals surface area contributed by atoms with Crippen LogP contribution in [-0.2, 0) is 51.7 Å². The quantitative estimate of drug-likeness (QED) is 0.129. The highest BCUT2D eigenvalue weighted by molar-refractivity contribution is 7.92. The largest absolute Gasteiger partial charge is 0.441 e. The Hall–Kier alpha value is -6.04. The van der Waals surface area contributed by atoms with Crippen LogP contribution in [-0.4, -0.2) is 81.4 Å². The number of benzene rings is 2. The zero-order valence-electron chi connectivity index (χ0n) is 33.6. The van der Waals surface area contributed by atoms with E-state index in [2.05, 4.69) is 25.6 Å². The van der Waals surface area contributed by atoms with Gasteiger partial charge in [0, 0.05) is 67.0 Å². The van der Waals surface area contributed by atoms with Crippen LogP contribution in [0.25, 0.3) is 32.4 Å². The molecule has 6 aromatic rings. The van der Waals surface area contributed by atoms with Gasteiger partial charge in [-0.1, -0.05) is 23.5 Å². The number of pyridine rings is 1. The maximum atomic E-state index is 15.5. The third kappa shape index (κ3) is 7.32. The molecule has 24 heteroatoms. The molecule has 1 spiro atoms. The number of aromatic nitrogens is 6. The minimum atomic E-state index is -5.08. The lowest BCUT2D eigenvalue weighted by Gasteiger charge is -2.36. The van der Waals surface area contributed by atoms with Crippen LogP contribution < -0.4 is 20.3 Å². The molecule has 1 unspecified atom stereocenters. The molecule has 15 nitrogen and oxygen atoms in total. The summed E-state index contributed by atoms with van der Waals surface area (Å²) < 4.78 is 138. The number of hydrogen-bond acceptors (Lipinski definition) is 11. The molecule has 3 N–H and O–H groups in total. The van der Waals surface area contributed by atoms with E-state index in [1.54, 1.807) is 31.3 Å². The molecule has 4 aromatic heterocycles. The number of halogens is 7. The number of nitrogens with zero attached hydrogens (tertiary/aromatic N) is 7. The lowest BCUT2D eigenvalue weighted by atomic mass is 9.92. The molecule has 0 bridgehead atoms. The van der Waals surface area contributed by atoms with E-state index in [0.29, 0.717) is 75.1 Å². The lowest BCUT2D eigenvalue weighted by Crippen LogP contribution is -2.46. The van der Waals surface area contributed by atoms with Crippen molar-refractivity contribution in [1.29, 1.82) is 0 Å². The van der Waals surface area contributed by atoms with Gasteiger partial charge >= 0.3 is 12.3 Å². The van der Waals surface area contributed by atoms with E-state index in [-0.39, 0.29) is 35.6 Å². The van der Waals surface area contributed by atoms with Crippen LogP contribution in [0.4, 0.5) is 46.5 Å². The second kappa shape index (κ2) is 14.5. The first kappa shape index (κ1) is 41.9. The average Bonchev–Trinajstić information content (AvgIpc) is 3.42. The van der Waals surface area contributed by atoms with Crippen molar-refractivity contribution < 1.29 is 53.5 Å². The fourth-order valence-electron chi connectivity index (χ4n) is 9.32. The third-order valence-corrected chi connectivity index (χ3v) is 13.8. The van der Waals surface area contributed by atoms with E-state index in [1.165, 1.54) is 16.0 Å². The van der Waals surface area contributed by atoms with Gasteiger partial charge in [0.1, 0.15) is 29.5 Å². The summed E-state index contributed by atoms with van der Waals surface area (Å²) >= 11 is 1.28. The molecule has 3 fully saturated rings. The van der Waals surface area contributed by atoms with E-state index >= 15 is 8.78 Å². The zero-order chi connectivity index (χ0) is 45.2. The predicted molar refractivity (Wildman–Crippen MR) is 217 cm³/mol. The van der Waals surface area contributed by atoms with Gasteiger partial charge in [0.15, 0.2) is 22.3 Å². The van der Waals surface area contributed by atoms with Crippen LogP contribution in [0.2, 0.25) is 0 Å². The number of rotatable bonds is 10. The van der Waals surface area contributed by atoms with Crippen molar-refractivity contribution in [2.24, 2.45) is 13.0 Å². The smallest absolute Gasteiger partial charge is 0.435 e. The molecule has 64 heavy (non-hydrogen) atoms. The number of nitrogens with one attached hydrogen (secondary N) is 3. The van der Waals surface area contributed by atoms with E-state index in [1.807, 2.05) is 4.90 Å². The van der Waals surface area contributed by atoms with Crippen LogP contribution in [0, 0.1) is 17.6 Å². The summed E-state index contributed by atoms with van der Waals surface area (Å²) in [7, 11) is -2.23. The maximum absolute atomic E-state index is 15.5. The topological polar surface area (TPSA) is 178 Å². The van der Waals surface area contributed by atoms with Gasteiger partial charge in [-0.25, -0.2) is 27.0 Å². The number of ether oxygens (including phenoxy) is 1. The Morgan fingerprint density at radius 1 is 1.06 bits per heavy atom. The highest BCUT2D eigenvalue weighted by Gasteiger charge is 2.68. The number of piperidine rings is 1. The highest BCUT2D eigenvalue weighted by atomic mass is 32.2. The molecule has 10 rings (SSSR count). The van der Waals surface area contributed by atoms with Gasteiger partial charge in [-0.05, 0) is 48.6 Å². The Morgan fingerprint density at radius 2 is 1.80 bits per heavy atom. The van der Waals surface area contributed by atoms with Crippen molar-refractivity contribution >= 4 is 65.6 Å². The highest BCUT2D eigenvalue weighted by Crippen LogP contribution is 2.68. The molecule has 2 saturated heterocycles. The molecule has 3 atom stereocenters. The first-order valence-electron chi connectivity index (χ1n) is 19.9. The molecule has 2 aliphatic carbocycles. The summed E-state index contributed by atoms with van der Waals surface area (Å²) in [6, 6.07) is 8.01. The number of carbonyl (C=O) groups excluding carboxylic acids is 2. The fraction of sp³-hybridized carbons (Fsp3) is 0.400. The van der Waals surface area contributed by atoms with Crippen LogP contribution >= 0.6 is 11.3 Å². The SMILES string of the molecule is Cn1nc(NS(C)(=O)=O)c2cccc(-c3cc4sc(N5CCC6(CC5)CNC(=O)O6)nc4nc3[C@H](Cc3cc(F)cc(F)c3)NC(=O)Cn3nc(C(F)(F)F)c4c3C(F)(F)[C@@H]3CC43)c21. The number of aryl methyl sites for hydroxylation is 1. The first-order chi connectivity index (χ1) is 30.2. The van der Waals surface area contributed by atoms with E-state index in [9.17, 15) is 40.0 Å². The van der Waals surface area contributed by atoms with E-state index in [0.717, 1.165) is 18.4 Å². The van der Waals surface area contributed by atoms with Gasteiger partial charge in [-0.15, -0.1) is 0 Å². The van der Waals surface area contributed by atoms with Crippen LogP contribution in [0.5, 0.6) is 0 Å². The molecule has 2 aromatic carbocycles. The Morgan fingerprint density at radius 3 is 2.47 bits per heavy atom. The Balaban J connectivity index is 1.10. The van der Waals surface area contributed by atoms with Gasteiger partial charge in [-0.3, -0.25) is 18.9 Å². The Labute approximate surface area is 362 Å². The van der Waals surface area contributed by atoms with Crippen molar-refractivity contribution in [3.8, 4) is 11.1 Å². The molecule has 1 saturated carbocycles. The summed E-state index contributed by atoms with van der Waals surface area (Å²) in [5.41, 5.74) is -2.35. The predicted octanol–water partition coefficient (Wildman–Crippen LogP) is 6.50. The van der Waals surface area contributed by atoms with Crippen molar-refractivity contribution in [2.75, 3.05) is 35.5 Å². The zero-order valence-corrected chi connectivity index (χ0v) is 35.2. The minimum Gasteiger partial charge on any atom is -0.441 e. The lowest BCUT2D eigenvalue weighted by molar-refractivity contribution is -0.142. The fourth-order valence-corrected chi connectivity index (χ4v) is 10.8. The number of alkyl halides is 5. The van der Waals surface area contributed by atoms with Gasteiger partial charge in [-0.2, -0.15) is 37.1 Å². The summed E-state index contributed by atoms with van der Waals surface area (Å²) in [6.07, 6.45) is -4.11. The van der Waals surface area contributed by atoms with Crippen LogP contribution in [0.1, 0.15) is 59.4 Å². The van der Waals surface area contributed by atoms with E-state index in [4.69, 9.17) is 14.7 Å². The molecule has 2 amide bonds. The minimum absolute atomic E-state index is 0.00281. The number of carbonyl (C=O) groups is 2. The molecule has 0 radical (unpaired) electrons. The van der Waals surface area contributed by atoms with Crippen molar-refractivity contribution in [1.82, 2.24) is 40.2 Å². The monoisotopic (exact) mass is 932 g/mol. The number of hydrogen-bond donors (Lipinski definition) is 3. The summed E-state index contributed by atoms with van der Waals surface area (Å²) in [6.45, 7) is 0.235. The number of alkyl carbamates (subject to hydrolysis) is 1. The summed E-state index contributed by atoms with van der Waals surface area (Å²) in [5.74, 6) is -9.04. The number of para-hydroxylation sites is 1. The van der Waals surface area contributed by atoms with Gasteiger partial charge < -0.3 is 20.3 Å². The molecule has 6 heterocycles. The first-order valence-corrected chi connectivity index (χ1v) is 22.6. The summed E-state index contributed by atoms with van der Waals surface area (Å²) in [4.78, 5) is 37.8. The van der Waals surface area contributed by atoms with Gasteiger partial charge in [0.05, 0.1) is 34.8 Å². The van der Waals surface area contributed by atoms with Crippen LogP contribution in [0.15, 0.2) is 42.5 Å². The number of amides is 2. The molecule has 2 aliphatic heterocycles. The Bertz CT molecular complexity index is 3030. The number of fused-ring (bicyclic) bond motifs is 5. The van der Waals surface area contributed by atoms with Gasteiger partial charge in [0.25, 0.3) is 5.92 Å². The third-order valence-electron chi connectivity index (χ3n) is 12.2. The average molecular weight is 933 g/mol. The number of anilines is 2. The molecular weight excluding hydrogens is 898 g/mol. The van der Waals surface area contributed by atoms with Crippen molar-refractivity contribution in [3.05, 3.63) is 82.3 Å². The molecule has 336 valence electrons. The van der Waals surface area contributed by atoms with Crippen LogP contribution in [0.3, 0.4) is 0 Å². The van der Waals surface area contributed by atoms with E-state index < -0.39 is 92.7 Å². The Kier molecular flexibility index (Phi) is 9.49. The van der Waals surface area contributed by atoms with Gasteiger partial charge in [0.2, 0.25) is 15.9 Å². The molecule has 4 aliphatic rings. The van der Waals surface area contributed by atoms with Crippen molar-refractivity contribution in [3.63, 3.8) is 0 Å². The number of thiazole rings is 1. The number of sulfonamides is 1. The second-order valence-electron chi connectivity index (χ2n) is 16.6.